The molecule has 0 unspecified atom stereocenters. The number of piperidine rings is 1. The van der Waals surface area contributed by atoms with Gasteiger partial charge in [-0.05, 0) is 57.2 Å². The monoisotopic (exact) mass is 502 g/mol. The summed E-state index contributed by atoms with van der Waals surface area (Å²) < 4.78 is 5.83. The van der Waals surface area contributed by atoms with Crippen LogP contribution in [0.1, 0.15) is 53.0 Å². The molecular formula is C22H39IN4O. The minimum atomic E-state index is 0. The second kappa shape index (κ2) is 13.2. The number of hydrogen-bond donors (Lipinski definition) is 2. The van der Waals surface area contributed by atoms with Crippen LogP contribution in [-0.4, -0.2) is 49.2 Å². The van der Waals surface area contributed by atoms with E-state index in [9.17, 15) is 0 Å². The van der Waals surface area contributed by atoms with Crippen LogP contribution in [0.2, 0.25) is 0 Å². The van der Waals surface area contributed by atoms with Gasteiger partial charge in [0.2, 0.25) is 0 Å². The van der Waals surface area contributed by atoms with Crippen molar-refractivity contribution in [2.75, 3.05) is 26.2 Å². The van der Waals surface area contributed by atoms with E-state index in [1.807, 2.05) is 12.1 Å². The van der Waals surface area contributed by atoms with Crippen LogP contribution in [-0.2, 0) is 6.54 Å². The van der Waals surface area contributed by atoms with Gasteiger partial charge in [-0.3, -0.25) is 0 Å². The molecule has 0 amide bonds. The summed E-state index contributed by atoms with van der Waals surface area (Å²) in [6, 6.07) is 9.40. The van der Waals surface area contributed by atoms with Crippen molar-refractivity contribution in [1.29, 1.82) is 0 Å². The number of benzene rings is 1. The van der Waals surface area contributed by atoms with Crippen LogP contribution in [0.15, 0.2) is 29.3 Å². The predicted molar refractivity (Wildman–Crippen MR) is 130 cm³/mol. The van der Waals surface area contributed by atoms with Crippen LogP contribution in [0.25, 0.3) is 0 Å². The highest BCUT2D eigenvalue weighted by atomic mass is 127. The molecular weight excluding hydrogens is 463 g/mol. The molecule has 1 saturated heterocycles. The first-order valence-electron chi connectivity index (χ1n) is 10.5. The molecule has 1 aliphatic rings. The van der Waals surface area contributed by atoms with Gasteiger partial charge in [0, 0.05) is 31.7 Å². The number of rotatable bonds is 8. The molecule has 0 aliphatic carbocycles. The largest absolute Gasteiger partial charge is 0.493 e. The third-order valence-corrected chi connectivity index (χ3v) is 4.85. The number of likely N-dealkylation sites (tertiary alicyclic amines) is 1. The molecule has 1 fully saturated rings. The van der Waals surface area contributed by atoms with Gasteiger partial charge in [0.15, 0.2) is 5.96 Å². The fraction of sp³-hybridized carbons (Fsp3) is 0.682. The third kappa shape index (κ3) is 8.99. The summed E-state index contributed by atoms with van der Waals surface area (Å²) in [5.74, 6) is 2.36. The van der Waals surface area contributed by atoms with Gasteiger partial charge < -0.3 is 20.3 Å². The average Bonchev–Trinajstić information content (AvgIpc) is 2.65. The van der Waals surface area contributed by atoms with Crippen molar-refractivity contribution in [2.24, 2.45) is 10.9 Å². The molecule has 0 bridgehead atoms. The molecule has 0 atom stereocenters. The number of nitrogens with zero attached hydrogens (tertiary/aromatic N) is 2. The zero-order valence-corrected chi connectivity index (χ0v) is 20.5. The molecule has 0 radical (unpaired) electrons. The summed E-state index contributed by atoms with van der Waals surface area (Å²) in [6.07, 6.45) is 2.34. The number of aliphatic imine (C=N–C) groups is 1. The summed E-state index contributed by atoms with van der Waals surface area (Å²) in [5.41, 5.74) is 1.17. The maximum absolute atomic E-state index is 5.83. The number of nitrogens with one attached hydrogen (secondary N) is 2. The van der Waals surface area contributed by atoms with E-state index in [-0.39, 0.29) is 24.0 Å². The molecule has 2 N–H and O–H groups in total. The Bertz CT molecular complexity index is 584. The Morgan fingerprint density at radius 1 is 1.21 bits per heavy atom. The Labute approximate surface area is 188 Å². The Balaban J connectivity index is 0.00000392. The highest BCUT2D eigenvalue weighted by Gasteiger charge is 2.21. The molecule has 1 heterocycles. The van der Waals surface area contributed by atoms with Crippen LogP contribution in [0.4, 0.5) is 0 Å². The van der Waals surface area contributed by atoms with E-state index in [1.165, 1.54) is 18.4 Å². The minimum Gasteiger partial charge on any atom is -0.493 e. The standard InChI is InChI=1S/C22H38N4O.HI/c1-6-23-22(25-20-10-12-26(13-11-20)18(4)5)24-15-19-8-7-9-21(14-19)27-16-17(2)3;/h7-9,14,17-18,20H,6,10-13,15-16H2,1-5H3,(H2,23,24,25);1H. The van der Waals surface area contributed by atoms with Crippen LogP contribution in [0, 0.1) is 5.92 Å². The maximum Gasteiger partial charge on any atom is 0.191 e. The second-order valence-corrected chi connectivity index (χ2v) is 8.10. The van der Waals surface area contributed by atoms with Gasteiger partial charge in [0.05, 0.1) is 13.2 Å². The lowest BCUT2D eigenvalue weighted by Crippen LogP contribution is -2.49. The zero-order valence-electron chi connectivity index (χ0n) is 18.2. The Morgan fingerprint density at radius 2 is 1.93 bits per heavy atom. The van der Waals surface area contributed by atoms with Crippen LogP contribution in [0.5, 0.6) is 5.75 Å². The highest BCUT2D eigenvalue weighted by molar-refractivity contribution is 14.0. The van der Waals surface area contributed by atoms with Gasteiger partial charge in [0.1, 0.15) is 5.75 Å². The highest BCUT2D eigenvalue weighted by Crippen LogP contribution is 2.16. The van der Waals surface area contributed by atoms with Gasteiger partial charge in [-0.15, -0.1) is 24.0 Å². The van der Waals surface area contributed by atoms with E-state index in [2.05, 4.69) is 62.3 Å². The Hall–Kier alpha value is -1.02. The SMILES string of the molecule is CCNC(=NCc1cccc(OCC(C)C)c1)NC1CCN(C(C)C)CC1.I. The van der Waals surface area contributed by atoms with E-state index in [1.54, 1.807) is 0 Å². The molecule has 28 heavy (non-hydrogen) atoms. The maximum atomic E-state index is 5.83. The van der Waals surface area contributed by atoms with Crippen molar-refractivity contribution in [1.82, 2.24) is 15.5 Å². The summed E-state index contributed by atoms with van der Waals surface area (Å²) >= 11 is 0. The molecule has 0 spiro atoms. The van der Waals surface area contributed by atoms with Gasteiger partial charge in [-0.2, -0.15) is 0 Å². The fourth-order valence-electron chi connectivity index (χ4n) is 3.24. The van der Waals surface area contributed by atoms with Gasteiger partial charge >= 0.3 is 0 Å². The molecule has 0 aromatic heterocycles. The normalized spacial score (nSPS) is 16.2. The Kier molecular flexibility index (Phi) is 11.8. The molecule has 1 aromatic carbocycles. The molecule has 2 rings (SSSR count). The first kappa shape index (κ1) is 25.0. The third-order valence-electron chi connectivity index (χ3n) is 4.85. The molecule has 1 aromatic rings. The van der Waals surface area contributed by atoms with Crippen molar-refractivity contribution >= 4 is 29.9 Å². The van der Waals surface area contributed by atoms with Gasteiger partial charge in [-0.25, -0.2) is 4.99 Å². The number of hydrogen-bond acceptors (Lipinski definition) is 3. The smallest absolute Gasteiger partial charge is 0.191 e. The van der Waals surface area contributed by atoms with Crippen LogP contribution in [0.3, 0.4) is 0 Å². The molecule has 0 saturated carbocycles. The summed E-state index contributed by atoms with van der Waals surface area (Å²) in [4.78, 5) is 7.34. The number of halogens is 1. The van der Waals surface area contributed by atoms with E-state index < -0.39 is 0 Å². The van der Waals surface area contributed by atoms with E-state index in [4.69, 9.17) is 9.73 Å². The molecule has 160 valence electrons. The lowest BCUT2D eigenvalue weighted by Gasteiger charge is -2.35. The number of guanidine groups is 1. The van der Waals surface area contributed by atoms with Crippen molar-refractivity contribution in [3.8, 4) is 5.75 Å². The predicted octanol–water partition coefficient (Wildman–Crippen LogP) is 4.27. The first-order chi connectivity index (χ1) is 13.0. The summed E-state index contributed by atoms with van der Waals surface area (Å²) in [7, 11) is 0. The van der Waals surface area contributed by atoms with E-state index >= 15 is 0 Å². The van der Waals surface area contributed by atoms with Crippen molar-refractivity contribution in [3.63, 3.8) is 0 Å². The van der Waals surface area contributed by atoms with E-state index in [0.29, 0.717) is 24.5 Å². The lowest BCUT2D eigenvalue weighted by molar-refractivity contribution is 0.167. The zero-order chi connectivity index (χ0) is 19.6. The number of ether oxygens (including phenoxy) is 1. The van der Waals surface area contributed by atoms with Crippen molar-refractivity contribution in [3.05, 3.63) is 29.8 Å². The second-order valence-electron chi connectivity index (χ2n) is 8.10. The summed E-state index contributed by atoms with van der Waals surface area (Å²) in [6.45, 7) is 15.6. The van der Waals surface area contributed by atoms with Crippen molar-refractivity contribution < 1.29 is 4.74 Å². The average molecular weight is 502 g/mol. The summed E-state index contributed by atoms with van der Waals surface area (Å²) in [5, 5.41) is 7.01. The van der Waals surface area contributed by atoms with Gasteiger partial charge in [0.25, 0.3) is 0 Å². The first-order valence-corrected chi connectivity index (χ1v) is 10.5. The molecule has 5 nitrogen and oxygen atoms in total. The fourth-order valence-corrected chi connectivity index (χ4v) is 3.24. The lowest BCUT2D eigenvalue weighted by atomic mass is 10.0. The quantitative estimate of drug-likeness (QED) is 0.317. The van der Waals surface area contributed by atoms with Crippen molar-refractivity contribution in [2.45, 2.75) is 66.1 Å². The molecule has 6 heteroatoms. The van der Waals surface area contributed by atoms with Crippen LogP contribution >= 0.6 is 24.0 Å². The van der Waals surface area contributed by atoms with E-state index in [0.717, 1.165) is 38.0 Å². The van der Waals surface area contributed by atoms with Gasteiger partial charge in [-0.1, -0.05) is 26.0 Å². The molecule has 1 aliphatic heterocycles. The Morgan fingerprint density at radius 3 is 2.54 bits per heavy atom. The van der Waals surface area contributed by atoms with Crippen LogP contribution < -0.4 is 15.4 Å². The topological polar surface area (TPSA) is 48.9 Å². The minimum absolute atomic E-state index is 0.